The molecule has 0 fully saturated rings. The van der Waals surface area contributed by atoms with E-state index in [4.69, 9.17) is 0 Å². The standard InChI is InChI=1S/C33H56N6O7.CH4/c1-10-12-23(35-31(44)25(19-33(7,8)9)37-29(42)22-13-15-39(46)16-14-22)30(43)36-24(17-20(3)4)26(40)18-27(41)38-28(21(5)6)32(45)34-11-2;/h13-16,20-21,23-26,28,40H,10-12,17-19H2,1-9H3,(H,34,45)(H,35,44)(H,36,43)(H,37,42)(H,38,41);1H4/t23-,24-,25-,26-,28-;/m0./s1. The number of aliphatic hydroxyl groups is 1. The number of carbonyl (C=O) groups excluding carboxylic acids is 5. The summed E-state index contributed by atoms with van der Waals surface area (Å²) in [6, 6.07) is -0.807. The Labute approximate surface area is 281 Å². The number of carbonyl (C=O) groups is 5. The number of pyridine rings is 1. The molecule has 268 valence electrons. The summed E-state index contributed by atoms with van der Waals surface area (Å²) in [6.45, 7) is 17.3. The van der Waals surface area contributed by atoms with Gasteiger partial charge in [0.2, 0.25) is 23.6 Å². The maximum atomic E-state index is 13.6. The quantitative estimate of drug-likeness (QED) is 0.102. The molecular formula is C34H60N6O7. The molecule has 1 heterocycles. The Kier molecular flexibility index (Phi) is 18.9. The lowest BCUT2D eigenvalue weighted by molar-refractivity contribution is -0.605. The minimum atomic E-state index is -1.25. The van der Waals surface area contributed by atoms with E-state index >= 15 is 0 Å². The van der Waals surface area contributed by atoms with E-state index < -0.39 is 53.9 Å². The average molecular weight is 665 g/mol. The molecule has 5 amide bonds. The van der Waals surface area contributed by atoms with Gasteiger partial charge in [0.05, 0.1) is 24.1 Å². The van der Waals surface area contributed by atoms with Gasteiger partial charge in [-0.3, -0.25) is 24.0 Å². The predicted molar refractivity (Wildman–Crippen MR) is 182 cm³/mol. The van der Waals surface area contributed by atoms with Crippen LogP contribution in [0.5, 0.6) is 0 Å². The molecule has 0 unspecified atom stereocenters. The summed E-state index contributed by atoms with van der Waals surface area (Å²) < 4.78 is 0.550. The fourth-order valence-corrected chi connectivity index (χ4v) is 4.94. The molecule has 0 saturated carbocycles. The first-order valence-corrected chi connectivity index (χ1v) is 16.2. The van der Waals surface area contributed by atoms with Crippen molar-refractivity contribution in [1.82, 2.24) is 26.6 Å². The second-order valence-corrected chi connectivity index (χ2v) is 13.8. The van der Waals surface area contributed by atoms with Crippen molar-refractivity contribution >= 4 is 29.5 Å². The third-order valence-electron chi connectivity index (χ3n) is 7.24. The highest BCUT2D eigenvalue weighted by Gasteiger charge is 2.33. The normalized spacial score (nSPS) is 14.6. The van der Waals surface area contributed by atoms with Crippen LogP contribution in [0.15, 0.2) is 24.5 Å². The first-order chi connectivity index (χ1) is 21.4. The predicted octanol–water partition coefficient (Wildman–Crippen LogP) is 2.33. The number of amides is 5. The smallest absolute Gasteiger partial charge is 0.252 e. The van der Waals surface area contributed by atoms with Crippen LogP contribution in [0.25, 0.3) is 0 Å². The Morgan fingerprint density at radius 2 is 1.45 bits per heavy atom. The minimum absolute atomic E-state index is 0. The van der Waals surface area contributed by atoms with Crippen LogP contribution in [0.3, 0.4) is 0 Å². The highest BCUT2D eigenvalue weighted by atomic mass is 16.5. The van der Waals surface area contributed by atoms with Gasteiger partial charge >= 0.3 is 0 Å². The van der Waals surface area contributed by atoms with Gasteiger partial charge in [-0.1, -0.05) is 69.2 Å². The summed E-state index contributed by atoms with van der Waals surface area (Å²) in [4.78, 5) is 65.3. The topological polar surface area (TPSA) is 193 Å². The van der Waals surface area contributed by atoms with Crippen LogP contribution < -0.4 is 31.3 Å². The Bertz CT molecular complexity index is 1150. The molecule has 5 atom stereocenters. The molecule has 0 spiro atoms. The van der Waals surface area contributed by atoms with Crippen LogP contribution in [0.2, 0.25) is 0 Å². The van der Waals surface area contributed by atoms with Crippen molar-refractivity contribution in [2.75, 3.05) is 6.54 Å². The SMILES string of the molecule is C.CCC[C@H](NC(=O)[C@H](CC(C)(C)C)NC(=O)c1cc[n+]([O-])cc1)C(=O)N[C@@H](CC(C)C)[C@@H](O)CC(=O)N[C@H](C(=O)NCC)C(C)C. The lowest BCUT2D eigenvalue weighted by Gasteiger charge is -2.30. The second kappa shape index (κ2) is 20.5. The summed E-state index contributed by atoms with van der Waals surface area (Å²) in [6.07, 6.45) is 2.28. The van der Waals surface area contributed by atoms with Crippen LogP contribution in [0.1, 0.15) is 112 Å². The summed E-state index contributed by atoms with van der Waals surface area (Å²) in [5.74, 6) is -2.56. The highest BCUT2D eigenvalue weighted by molar-refractivity contribution is 5.98. The van der Waals surface area contributed by atoms with Gasteiger partial charge in [-0.25, -0.2) is 0 Å². The van der Waals surface area contributed by atoms with Crippen molar-refractivity contribution in [3.8, 4) is 0 Å². The van der Waals surface area contributed by atoms with Gasteiger partial charge < -0.3 is 36.9 Å². The zero-order valence-electron chi connectivity index (χ0n) is 28.9. The first-order valence-electron chi connectivity index (χ1n) is 16.2. The van der Waals surface area contributed by atoms with E-state index in [0.29, 0.717) is 30.5 Å². The van der Waals surface area contributed by atoms with Crippen molar-refractivity contribution in [3.63, 3.8) is 0 Å². The van der Waals surface area contributed by atoms with Crippen LogP contribution in [0, 0.1) is 22.5 Å². The molecule has 0 bridgehead atoms. The molecule has 1 rings (SSSR count). The molecule has 0 aliphatic rings. The van der Waals surface area contributed by atoms with Crippen LogP contribution >= 0.6 is 0 Å². The van der Waals surface area contributed by atoms with Gasteiger partial charge in [-0.2, -0.15) is 4.73 Å². The number of hydrogen-bond acceptors (Lipinski definition) is 7. The zero-order valence-corrected chi connectivity index (χ0v) is 28.9. The maximum absolute atomic E-state index is 13.6. The minimum Gasteiger partial charge on any atom is -0.619 e. The van der Waals surface area contributed by atoms with Crippen molar-refractivity contribution in [3.05, 3.63) is 35.3 Å². The molecule has 0 saturated heterocycles. The molecule has 6 N–H and O–H groups in total. The van der Waals surface area contributed by atoms with Gasteiger partial charge in [-0.05, 0) is 43.4 Å². The van der Waals surface area contributed by atoms with E-state index in [2.05, 4.69) is 26.6 Å². The number of aliphatic hydroxyl groups excluding tert-OH is 1. The van der Waals surface area contributed by atoms with E-state index in [1.165, 1.54) is 24.5 Å². The highest BCUT2D eigenvalue weighted by Crippen LogP contribution is 2.21. The third kappa shape index (κ3) is 16.1. The monoisotopic (exact) mass is 664 g/mol. The van der Waals surface area contributed by atoms with Crippen molar-refractivity contribution < 1.29 is 33.8 Å². The Morgan fingerprint density at radius 3 is 1.94 bits per heavy atom. The van der Waals surface area contributed by atoms with Crippen molar-refractivity contribution in [2.45, 2.75) is 132 Å². The Balaban J connectivity index is 0.0000212. The summed E-state index contributed by atoms with van der Waals surface area (Å²) in [5.41, 5.74) is -0.146. The first kappa shape index (κ1) is 43.3. The lowest BCUT2D eigenvalue weighted by Crippen LogP contribution is -2.57. The zero-order chi connectivity index (χ0) is 35.2. The molecule has 1 aromatic rings. The third-order valence-corrected chi connectivity index (χ3v) is 7.24. The lowest BCUT2D eigenvalue weighted by atomic mass is 9.87. The number of likely N-dealkylation sites (N-methyl/N-ethyl adjacent to an activating group) is 1. The van der Waals surface area contributed by atoms with Gasteiger partial charge in [0.15, 0.2) is 12.4 Å². The molecule has 0 radical (unpaired) electrons. The van der Waals surface area contributed by atoms with E-state index in [1.807, 2.05) is 55.4 Å². The molecule has 0 aromatic carbocycles. The fraction of sp³-hybridized carbons (Fsp3) is 0.706. The molecule has 1 aromatic heterocycles. The van der Waals surface area contributed by atoms with Gasteiger partial charge in [0.25, 0.3) is 5.91 Å². The number of hydrogen-bond donors (Lipinski definition) is 6. The summed E-state index contributed by atoms with van der Waals surface area (Å²) in [5, 5.41) is 36.2. The van der Waals surface area contributed by atoms with E-state index in [9.17, 15) is 34.3 Å². The van der Waals surface area contributed by atoms with Crippen molar-refractivity contribution in [2.24, 2.45) is 17.3 Å². The van der Waals surface area contributed by atoms with Crippen LogP contribution in [-0.2, 0) is 19.2 Å². The van der Waals surface area contributed by atoms with Gasteiger partial charge in [0.1, 0.15) is 18.1 Å². The maximum Gasteiger partial charge on any atom is 0.252 e. The largest absolute Gasteiger partial charge is 0.619 e. The molecule has 13 nitrogen and oxygen atoms in total. The molecule has 13 heteroatoms. The van der Waals surface area contributed by atoms with Gasteiger partial charge in [0, 0.05) is 18.7 Å². The molecular weight excluding hydrogens is 604 g/mol. The van der Waals surface area contributed by atoms with Crippen molar-refractivity contribution in [1.29, 1.82) is 0 Å². The number of nitrogens with zero attached hydrogens (tertiary/aromatic N) is 1. The molecule has 0 aliphatic heterocycles. The second-order valence-electron chi connectivity index (χ2n) is 13.8. The molecule has 0 aliphatic carbocycles. The molecule has 47 heavy (non-hydrogen) atoms. The Hall–Kier alpha value is -3.74. The van der Waals surface area contributed by atoms with E-state index in [1.54, 1.807) is 6.92 Å². The van der Waals surface area contributed by atoms with E-state index in [-0.39, 0.29) is 49.0 Å². The number of rotatable bonds is 18. The van der Waals surface area contributed by atoms with Crippen LogP contribution in [0.4, 0.5) is 0 Å². The van der Waals surface area contributed by atoms with Gasteiger partial charge in [-0.15, -0.1) is 0 Å². The number of nitrogens with one attached hydrogen (secondary N) is 5. The fourth-order valence-electron chi connectivity index (χ4n) is 4.94. The average Bonchev–Trinajstić information content (AvgIpc) is 2.94. The van der Waals surface area contributed by atoms with Crippen LogP contribution in [-0.4, -0.2) is 71.5 Å². The van der Waals surface area contributed by atoms with E-state index in [0.717, 1.165) is 0 Å². The Morgan fingerprint density at radius 1 is 0.872 bits per heavy atom. The number of aromatic nitrogens is 1. The summed E-state index contributed by atoms with van der Waals surface area (Å²) in [7, 11) is 0. The summed E-state index contributed by atoms with van der Waals surface area (Å²) >= 11 is 0.